The van der Waals surface area contributed by atoms with E-state index in [1.54, 1.807) is 12.1 Å². The molecular formula is C12H12N4OS2. The number of benzene rings is 1. The summed E-state index contributed by atoms with van der Waals surface area (Å²) in [6, 6.07) is 7.28. The van der Waals surface area contributed by atoms with Crippen molar-refractivity contribution in [1.82, 2.24) is 10.2 Å². The van der Waals surface area contributed by atoms with E-state index in [-0.39, 0.29) is 12.3 Å². The minimum Gasteiger partial charge on any atom is -0.389 e. The van der Waals surface area contributed by atoms with Crippen LogP contribution in [0, 0.1) is 6.92 Å². The van der Waals surface area contributed by atoms with Gasteiger partial charge in [-0.15, -0.1) is 10.2 Å². The third-order valence-corrected chi connectivity index (χ3v) is 3.37. The van der Waals surface area contributed by atoms with E-state index < -0.39 is 0 Å². The number of hydrogen-bond donors (Lipinski definition) is 2. The van der Waals surface area contributed by atoms with Crippen LogP contribution in [0.15, 0.2) is 24.3 Å². The molecule has 2 aromatic rings. The van der Waals surface area contributed by atoms with Crippen molar-refractivity contribution >= 4 is 39.6 Å². The van der Waals surface area contributed by atoms with Crippen LogP contribution in [-0.2, 0) is 11.2 Å². The average Bonchev–Trinajstić information content (AvgIpc) is 2.75. The first-order chi connectivity index (χ1) is 9.04. The maximum Gasteiger partial charge on any atom is 0.230 e. The largest absolute Gasteiger partial charge is 0.389 e. The summed E-state index contributed by atoms with van der Waals surface area (Å²) in [5.41, 5.74) is 7.19. The Bertz CT molecular complexity index is 606. The Morgan fingerprint density at radius 3 is 2.58 bits per heavy atom. The standard InChI is InChI=1S/C12H12N4OS2/c1-7-15-16-12(19-7)14-10(17)6-8-2-4-9(5-3-8)11(13)18/h2-5H,6H2,1H3,(H2,13,18)(H,14,16,17). The summed E-state index contributed by atoms with van der Waals surface area (Å²) in [5, 5.41) is 11.7. The van der Waals surface area contributed by atoms with Crippen LogP contribution in [0.1, 0.15) is 16.1 Å². The summed E-state index contributed by atoms with van der Waals surface area (Å²) in [7, 11) is 0. The van der Waals surface area contributed by atoms with Crippen LogP contribution in [-0.4, -0.2) is 21.1 Å². The van der Waals surface area contributed by atoms with Gasteiger partial charge in [-0.2, -0.15) is 0 Å². The number of nitrogens with zero attached hydrogens (tertiary/aromatic N) is 2. The van der Waals surface area contributed by atoms with E-state index in [1.807, 2.05) is 19.1 Å². The zero-order valence-corrected chi connectivity index (χ0v) is 11.8. The molecule has 2 rings (SSSR count). The van der Waals surface area contributed by atoms with Gasteiger partial charge in [0.2, 0.25) is 11.0 Å². The van der Waals surface area contributed by atoms with Crippen molar-refractivity contribution in [3.05, 3.63) is 40.4 Å². The third-order valence-electron chi connectivity index (χ3n) is 2.38. The van der Waals surface area contributed by atoms with Crippen LogP contribution >= 0.6 is 23.6 Å². The molecule has 1 aromatic carbocycles. The summed E-state index contributed by atoms with van der Waals surface area (Å²) in [6.07, 6.45) is 0.274. The maximum absolute atomic E-state index is 11.8. The van der Waals surface area contributed by atoms with E-state index in [0.717, 1.165) is 16.1 Å². The van der Waals surface area contributed by atoms with Crippen molar-refractivity contribution < 1.29 is 4.79 Å². The summed E-state index contributed by atoms with van der Waals surface area (Å²) >= 11 is 6.21. The summed E-state index contributed by atoms with van der Waals surface area (Å²) in [4.78, 5) is 12.1. The third kappa shape index (κ3) is 3.80. The molecule has 1 amide bonds. The highest BCUT2D eigenvalue weighted by atomic mass is 32.1. The number of aryl methyl sites for hydroxylation is 1. The maximum atomic E-state index is 11.8. The van der Waals surface area contributed by atoms with Gasteiger partial charge < -0.3 is 11.1 Å². The highest BCUT2D eigenvalue weighted by Gasteiger charge is 2.07. The second kappa shape index (κ2) is 5.85. The average molecular weight is 292 g/mol. The number of carbonyl (C=O) groups is 1. The van der Waals surface area contributed by atoms with Gasteiger partial charge in [0.05, 0.1) is 6.42 Å². The lowest BCUT2D eigenvalue weighted by atomic mass is 10.1. The molecule has 0 radical (unpaired) electrons. The van der Waals surface area contributed by atoms with Crippen LogP contribution in [0.2, 0.25) is 0 Å². The van der Waals surface area contributed by atoms with E-state index in [1.165, 1.54) is 11.3 Å². The number of amides is 1. The molecule has 0 fully saturated rings. The van der Waals surface area contributed by atoms with Gasteiger partial charge in [-0.3, -0.25) is 4.79 Å². The molecule has 98 valence electrons. The zero-order chi connectivity index (χ0) is 13.8. The Morgan fingerprint density at radius 1 is 1.37 bits per heavy atom. The Kier molecular flexibility index (Phi) is 4.18. The lowest BCUT2D eigenvalue weighted by Gasteiger charge is -2.03. The molecule has 0 atom stereocenters. The van der Waals surface area contributed by atoms with Crippen LogP contribution in [0.5, 0.6) is 0 Å². The number of thiocarbonyl (C=S) groups is 1. The monoisotopic (exact) mass is 292 g/mol. The van der Waals surface area contributed by atoms with E-state index in [2.05, 4.69) is 15.5 Å². The predicted octanol–water partition coefficient (Wildman–Crippen LogP) is 1.66. The summed E-state index contributed by atoms with van der Waals surface area (Å²) in [6.45, 7) is 1.84. The molecule has 0 unspecified atom stereocenters. The minimum atomic E-state index is -0.126. The lowest BCUT2D eigenvalue weighted by molar-refractivity contribution is -0.115. The summed E-state index contributed by atoms with van der Waals surface area (Å²) in [5.74, 6) is -0.126. The second-order valence-corrected chi connectivity index (χ2v) is 5.53. The second-order valence-electron chi connectivity index (χ2n) is 3.91. The van der Waals surface area contributed by atoms with Crippen LogP contribution in [0.4, 0.5) is 5.13 Å². The molecule has 1 heterocycles. The van der Waals surface area contributed by atoms with Gasteiger partial charge in [-0.25, -0.2) is 0 Å². The Balaban J connectivity index is 1.97. The van der Waals surface area contributed by atoms with Gasteiger partial charge in [0.15, 0.2) is 0 Å². The first kappa shape index (κ1) is 13.6. The quantitative estimate of drug-likeness (QED) is 0.838. The van der Waals surface area contributed by atoms with Gasteiger partial charge in [0, 0.05) is 5.56 Å². The van der Waals surface area contributed by atoms with E-state index in [0.29, 0.717) is 10.1 Å². The zero-order valence-electron chi connectivity index (χ0n) is 10.2. The molecule has 19 heavy (non-hydrogen) atoms. The molecule has 1 aromatic heterocycles. The highest BCUT2D eigenvalue weighted by Crippen LogP contribution is 2.14. The number of rotatable bonds is 4. The number of nitrogens with two attached hydrogens (primary N) is 1. The van der Waals surface area contributed by atoms with Gasteiger partial charge in [-0.1, -0.05) is 47.8 Å². The normalized spacial score (nSPS) is 10.2. The number of hydrogen-bond acceptors (Lipinski definition) is 5. The van der Waals surface area contributed by atoms with E-state index >= 15 is 0 Å². The van der Waals surface area contributed by atoms with Gasteiger partial charge >= 0.3 is 0 Å². The molecule has 0 aliphatic rings. The van der Waals surface area contributed by atoms with Crippen LogP contribution in [0.25, 0.3) is 0 Å². The van der Waals surface area contributed by atoms with Gasteiger partial charge in [-0.05, 0) is 12.5 Å². The smallest absolute Gasteiger partial charge is 0.230 e. The fourth-order valence-electron chi connectivity index (χ4n) is 1.48. The van der Waals surface area contributed by atoms with Crippen LogP contribution < -0.4 is 11.1 Å². The molecule has 0 aliphatic heterocycles. The molecule has 7 heteroatoms. The Hall–Kier alpha value is -1.86. The van der Waals surface area contributed by atoms with Crippen molar-refractivity contribution in [2.75, 3.05) is 5.32 Å². The Morgan fingerprint density at radius 2 is 2.05 bits per heavy atom. The van der Waals surface area contributed by atoms with Crippen molar-refractivity contribution in [2.45, 2.75) is 13.3 Å². The van der Waals surface area contributed by atoms with Gasteiger partial charge in [0.25, 0.3) is 0 Å². The number of aromatic nitrogens is 2. The Labute approximate surface area is 119 Å². The van der Waals surface area contributed by atoms with Gasteiger partial charge in [0.1, 0.15) is 10.00 Å². The van der Waals surface area contributed by atoms with Crippen molar-refractivity contribution in [3.8, 4) is 0 Å². The number of anilines is 1. The molecular weight excluding hydrogens is 280 g/mol. The molecule has 5 nitrogen and oxygen atoms in total. The highest BCUT2D eigenvalue weighted by molar-refractivity contribution is 7.80. The first-order valence-electron chi connectivity index (χ1n) is 5.53. The van der Waals surface area contributed by atoms with E-state index in [9.17, 15) is 4.79 Å². The fourth-order valence-corrected chi connectivity index (χ4v) is 2.23. The lowest BCUT2D eigenvalue weighted by Crippen LogP contribution is -2.14. The van der Waals surface area contributed by atoms with Crippen molar-refractivity contribution in [2.24, 2.45) is 5.73 Å². The van der Waals surface area contributed by atoms with Crippen LogP contribution in [0.3, 0.4) is 0 Å². The SMILES string of the molecule is Cc1nnc(NC(=O)Cc2ccc(C(N)=S)cc2)s1. The minimum absolute atomic E-state index is 0.126. The molecule has 0 saturated carbocycles. The number of nitrogens with one attached hydrogen (secondary N) is 1. The molecule has 0 spiro atoms. The first-order valence-corrected chi connectivity index (χ1v) is 6.76. The van der Waals surface area contributed by atoms with E-state index in [4.69, 9.17) is 18.0 Å². The molecule has 0 bridgehead atoms. The topological polar surface area (TPSA) is 80.9 Å². The molecule has 0 aliphatic carbocycles. The molecule has 0 saturated heterocycles. The number of carbonyl (C=O) groups excluding carboxylic acids is 1. The summed E-state index contributed by atoms with van der Waals surface area (Å²) < 4.78 is 0. The fraction of sp³-hybridized carbons (Fsp3) is 0.167. The van der Waals surface area contributed by atoms with Crippen molar-refractivity contribution in [3.63, 3.8) is 0 Å². The van der Waals surface area contributed by atoms with Crippen molar-refractivity contribution in [1.29, 1.82) is 0 Å². The molecule has 3 N–H and O–H groups in total. The predicted molar refractivity (Wildman–Crippen MR) is 79.3 cm³/mol.